The van der Waals surface area contributed by atoms with E-state index in [2.05, 4.69) is 15.6 Å². The van der Waals surface area contributed by atoms with Crippen molar-refractivity contribution in [1.29, 1.82) is 0 Å². The van der Waals surface area contributed by atoms with Crippen LogP contribution in [0.25, 0.3) is 0 Å². The minimum atomic E-state index is -0.218. The Hall–Kier alpha value is -2.83. The Balaban J connectivity index is 1.42. The van der Waals surface area contributed by atoms with Gasteiger partial charge in [-0.25, -0.2) is 9.78 Å². The predicted octanol–water partition coefficient (Wildman–Crippen LogP) is 3.07. The third-order valence-electron chi connectivity index (χ3n) is 4.64. The van der Waals surface area contributed by atoms with E-state index in [9.17, 15) is 9.59 Å². The number of oxazole rings is 1. The zero-order chi connectivity index (χ0) is 18.1. The van der Waals surface area contributed by atoms with Gasteiger partial charge >= 0.3 is 6.03 Å². The van der Waals surface area contributed by atoms with Crippen LogP contribution in [-0.4, -0.2) is 33.9 Å². The molecule has 7 heteroatoms. The number of para-hydroxylation sites is 1. The highest BCUT2D eigenvalue weighted by molar-refractivity contribution is 5.92. The number of carbonyl (C=O) groups excluding carboxylic acids is 2. The van der Waals surface area contributed by atoms with Crippen molar-refractivity contribution >= 4 is 17.6 Å². The van der Waals surface area contributed by atoms with Gasteiger partial charge in [0, 0.05) is 17.8 Å². The van der Waals surface area contributed by atoms with Crippen LogP contribution >= 0.6 is 0 Å². The summed E-state index contributed by atoms with van der Waals surface area (Å²) in [7, 11) is 0. The Kier molecular flexibility index (Phi) is 4.36. The average Bonchev–Trinajstić information content (AvgIpc) is 3.55. The summed E-state index contributed by atoms with van der Waals surface area (Å²) in [4.78, 5) is 30.7. The van der Waals surface area contributed by atoms with Crippen molar-refractivity contribution in [3.05, 3.63) is 47.7 Å². The maximum Gasteiger partial charge on any atom is 0.322 e. The molecule has 4 rings (SSSR count). The molecule has 26 heavy (non-hydrogen) atoms. The zero-order valence-electron chi connectivity index (χ0n) is 14.7. The molecule has 0 radical (unpaired) electrons. The number of carbonyl (C=O) groups is 2. The molecule has 0 bridgehead atoms. The minimum Gasteiger partial charge on any atom is -0.446 e. The second-order valence-electron chi connectivity index (χ2n) is 6.98. The fourth-order valence-corrected chi connectivity index (χ4v) is 2.77. The molecule has 2 N–H and O–H groups in total. The first kappa shape index (κ1) is 16.6. The molecule has 1 aromatic carbocycles. The van der Waals surface area contributed by atoms with Crippen molar-refractivity contribution in [2.24, 2.45) is 0 Å². The van der Waals surface area contributed by atoms with Gasteiger partial charge in [-0.15, -0.1) is 0 Å². The fourth-order valence-electron chi connectivity index (χ4n) is 2.77. The Bertz CT molecular complexity index is 824. The molecule has 0 saturated heterocycles. The van der Waals surface area contributed by atoms with E-state index in [0.29, 0.717) is 5.89 Å². The number of rotatable bonds is 6. The number of anilines is 1. The van der Waals surface area contributed by atoms with Crippen LogP contribution in [-0.2, 0) is 6.54 Å². The van der Waals surface area contributed by atoms with Crippen molar-refractivity contribution < 1.29 is 14.0 Å². The summed E-state index contributed by atoms with van der Waals surface area (Å²) >= 11 is 0. The van der Waals surface area contributed by atoms with Crippen LogP contribution in [0.2, 0.25) is 0 Å². The topological polar surface area (TPSA) is 87.5 Å². The van der Waals surface area contributed by atoms with Gasteiger partial charge in [0.2, 0.25) is 5.89 Å². The van der Waals surface area contributed by atoms with E-state index in [4.69, 9.17) is 4.42 Å². The van der Waals surface area contributed by atoms with E-state index in [-0.39, 0.29) is 36.3 Å². The molecule has 0 spiro atoms. The summed E-state index contributed by atoms with van der Waals surface area (Å²) in [5.41, 5.74) is 2.06. The lowest BCUT2D eigenvalue weighted by Crippen LogP contribution is -2.36. The van der Waals surface area contributed by atoms with Crippen LogP contribution in [0, 0.1) is 6.92 Å². The molecule has 0 unspecified atom stereocenters. The molecule has 2 aromatic rings. The molecule has 3 amide bonds. The predicted molar refractivity (Wildman–Crippen MR) is 95.8 cm³/mol. The maximum atomic E-state index is 12.7. The van der Waals surface area contributed by atoms with Crippen molar-refractivity contribution in [2.45, 2.75) is 51.2 Å². The van der Waals surface area contributed by atoms with Gasteiger partial charge in [0.05, 0.1) is 6.54 Å². The summed E-state index contributed by atoms with van der Waals surface area (Å²) in [5.74, 6) is 0.155. The lowest BCUT2D eigenvalue weighted by atomic mass is 10.2. The minimum absolute atomic E-state index is 0.177. The molecule has 2 saturated carbocycles. The van der Waals surface area contributed by atoms with E-state index in [1.54, 1.807) is 4.90 Å². The molecular formula is C19H22N4O3. The first-order chi connectivity index (χ1) is 12.6. The zero-order valence-corrected chi connectivity index (χ0v) is 14.7. The summed E-state index contributed by atoms with van der Waals surface area (Å²) < 4.78 is 5.43. The Morgan fingerprint density at radius 2 is 2.00 bits per heavy atom. The van der Waals surface area contributed by atoms with Gasteiger partial charge in [-0.1, -0.05) is 18.2 Å². The van der Waals surface area contributed by atoms with Crippen LogP contribution in [0.3, 0.4) is 0 Å². The number of aromatic nitrogens is 1. The van der Waals surface area contributed by atoms with Crippen molar-refractivity contribution in [3.8, 4) is 0 Å². The van der Waals surface area contributed by atoms with Gasteiger partial charge in [0.1, 0.15) is 6.26 Å². The number of amides is 3. The normalized spacial score (nSPS) is 16.2. The van der Waals surface area contributed by atoms with Gasteiger partial charge in [0.15, 0.2) is 5.69 Å². The van der Waals surface area contributed by atoms with Crippen molar-refractivity contribution in [2.75, 3.05) is 5.32 Å². The number of hydrogen-bond donors (Lipinski definition) is 2. The summed E-state index contributed by atoms with van der Waals surface area (Å²) in [6.07, 6.45) is 5.33. The fraction of sp³-hybridized carbons (Fsp3) is 0.421. The third kappa shape index (κ3) is 3.87. The molecule has 0 atom stereocenters. The van der Waals surface area contributed by atoms with Crippen LogP contribution in [0.4, 0.5) is 10.5 Å². The van der Waals surface area contributed by atoms with Crippen LogP contribution in [0.15, 0.2) is 34.9 Å². The van der Waals surface area contributed by atoms with Crippen LogP contribution < -0.4 is 10.6 Å². The second-order valence-corrected chi connectivity index (χ2v) is 6.98. The number of benzene rings is 1. The van der Waals surface area contributed by atoms with Gasteiger partial charge in [-0.05, 0) is 44.2 Å². The second kappa shape index (κ2) is 6.82. The van der Waals surface area contributed by atoms with E-state index in [1.165, 1.54) is 6.26 Å². The molecule has 1 heterocycles. The van der Waals surface area contributed by atoms with Gasteiger partial charge < -0.3 is 20.0 Å². The molecule has 0 aliphatic heterocycles. The third-order valence-corrected chi connectivity index (χ3v) is 4.64. The maximum absolute atomic E-state index is 12.7. The lowest BCUT2D eigenvalue weighted by molar-refractivity contribution is 0.0946. The van der Waals surface area contributed by atoms with E-state index < -0.39 is 0 Å². The van der Waals surface area contributed by atoms with Gasteiger partial charge in [-0.3, -0.25) is 4.79 Å². The number of aryl methyl sites for hydroxylation is 1. The first-order valence-corrected chi connectivity index (χ1v) is 8.98. The highest BCUT2D eigenvalue weighted by Crippen LogP contribution is 2.29. The highest BCUT2D eigenvalue weighted by Gasteiger charge is 2.34. The smallest absolute Gasteiger partial charge is 0.322 e. The largest absolute Gasteiger partial charge is 0.446 e. The van der Waals surface area contributed by atoms with Gasteiger partial charge in [0.25, 0.3) is 5.91 Å². The number of hydrogen-bond acceptors (Lipinski definition) is 4. The molecule has 7 nitrogen and oxygen atoms in total. The lowest BCUT2D eigenvalue weighted by Gasteiger charge is -2.21. The monoisotopic (exact) mass is 354 g/mol. The van der Waals surface area contributed by atoms with Crippen molar-refractivity contribution in [1.82, 2.24) is 15.2 Å². The van der Waals surface area contributed by atoms with Crippen LogP contribution in [0.1, 0.15) is 47.6 Å². The molecular weight excluding hydrogens is 332 g/mol. The molecule has 2 fully saturated rings. The summed E-state index contributed by atoms with van der Waals surface area (Å²) in [6.45, 7) is 2.20. The van der Waals surface area contributed by atoms with E-state index in [0.717, 1.165) is 36.9 Å². The number of nitrogens with one attached hydrogen (secondary N) is 2. The average molecular weight is 354 g/mol. The SMILES string of the molecule is Cc1ccccc1NC(=O)N(Cc1nc(C(=O)NC2CC2)co1)C1CC1. The Morgan fingerprint density at radius 1 is 1.23 bits per heavy atom. The molecule has 136 valence electrons. The Labute approximate surface area is 151 Å². The molecule has 1 aromatic heterocycles. The highest BCUT2D eigenvalue weighted by atomic mass is 16.3. The molecule has 2 aliphatic rings. The van der Waals surface area contributed by atoms with Crippen molar-refractivity contribution in [3.63, 3.8) is 0 Å². The molecule has 2 aliphatic carbocycles. The Morgan fingerprint density at radius 3 is 2.69 bits per heavy atom. The quantitative estimate of drug-likeness (QED) is 0.834. The first-order valence-electron chi connectivity index (χ1n) is 8.98. The van der Waals surface area contributed by atoms with E-state index >= 15 is 0 Å². The number of urea groups is 1. The van der Waals surface area contributed by atoms with E-state index in [1.807, 2.05) is 31.2 Å². The summed E-state index contributed by atoms with van der Waals surface area (Å²) in [6, 6.07) is 7.94. The number of nitrogens with zero attached hydrogens (tertiary/aromatic N) is 2. The van der Waals surface area contributed by atoms with Gasteiger partial charge in [-0.2, -0.15) is 0 Å². The van der Waals surface area contributed by atoms with Crippen LogP contribution in [0.5, 0.6) is 0 Å². The summed E-state index contributed by atoms with van der Waals surface area (Å²) in [5, 5.41) is 5.83. The standard InChI is InChI=1S/C19H22N4O3/c1-12-4-2-3-5-15(12)22-19(25)23(14-8-9-14)10-17-21-16(11-26-17)18(24)20-13-6-7-13/h2-5,11,13-14H,6-10H2,1H3,(H,20,24)(H,22,25).